The van der Waals surface area contributed by atoms with Crippen LogP contribution in [0.4, 0.5) is 5.95 Å². The average molecular weight is 508 g/mol. The molecule has 0 aromatic carbocycles. The third kappa shape index (κ3) is 4.90. The van der Waals surface area contributed by atoms with Gasteiger partial charge in [-0.2, -0.15) is 13.9 Å². The third-order valence-corrected chi connectivity index (χ3v) is 8.24. The molecular weight excluding hydrogens is 484 g/mol. The van der Waals surface area contributed by atoms with Gasteiger partial charge in [-0.05, 0) is 0 Å². The fraction of sp³-hybridized carbons (Fsp3) is 0.562. The number of phosphoric ester groups is 1. The molecule has 4 N–H and O–H groups in total. The number of nitrogens with two attached hydrogens (primary N) is 1. The zero-order valence-corrected chi connectivity index (χ0v) is 19.9. The van der Waals surface area contributed by atoms with Crippen LogP contribution in [0.1, 0.15) is 6.23 Å². The number of rotatable bonds is 9. The maximum absolute atomic E-state index is 12.7. The number of anilines is 1. The highest BCUT2D eigenvalue weighted by Gasteiger charge is 2.50. The lowest BCUT2D eigenvalue weighted by atomic mass is 10.1. The van der Waals surface area contributed by atoms with E-state index in [1.807, 2.05) is 0 Å². The van der Waals surface area contributed by atoms with Gasteiger partial charge in [0.25, 0.3) is 11.2 Å². The number of aliphatic hydroxyl groups excluding tert-OH is 1. The zero-order valence-electron chi connectivity index (χ0n) is 18.1. The normalized spacial score (nSPS) is 26.7. The molecule has 0 amide bonds. The lowest BCUT2D eigenvalue weighted by Crippen LogP contribution is -2.35. The van der Waals surface area contributed by atoms with Crippen LogP contribution in [-0.4, -0.2) is 65.9 Å². The molecule has 17 heteroatoms. The number of nitrogens with zero attached hydrogens (tertiary/aromatic N) is 3. The summed E-state index contributed by atoms with van der Waals surface area (Å²) in [6, 6.07) is 0. The third-order valence-electron chi connectivity index (χ3n) is 4.88. The number of imidazole rings is 1. The van der Waals surface area contributed by atoms with Gasteiger partial charge in [0.05, 0.1) is 13.7 Å². The number of nitrogens with one attached hydrogen (secondary N) is 1. The Morgan fingerprint density at radius 2 is 2.09 bits per heavy atom. The number of methoxy groups -OCH3 is 1. The minimum absolute atomic E-state index is 0.117. The molecule has 4 unspecified atom stereocenters. The van der Waals surface area contributed by atoms with E-state index < -0.39 is 52.1 Å². The van der Waals surface area contributed by atoms with Crippen LogP contribution < -0.4 is 15.9 Å². The number of hydrogen-bond acceptors (Lipinski definition) is 12. The molecule has 0 radical (unpaired) electrons. The van der Waals surface area contributed by atoms with Crippen molar-refractivity contribution in [3.63, 3.8) is 0 Å². The fourth-order valence-electron chi connectivity index (χ4n) is 3.31. The Hall–Kier alpha value is -2.11. The van der Waals surface area contributed by atoms with Gasteiger partial charge in [0.2, 0.25) is 18.5 Å². The van der Waals surface area contributed by atoms with E-state index in [0.29, 0.717) is 0 Å². The Balaban J connectivity index is 1.87. The first kappa shape index (κ1) is 25.5. The number of aryl methyl sites for hydroxylation is 1. The second-order valence-electron chi connectivity index (χ2n) is 6.83. The number of ether oxygens (including phenoxy) is 2. The summed E-state index contributed by atoms with van der Waals surface area (Å²) in [6.07, 6.45) is 2.29. The first-order valence-electron chi connectivity index (χ1n) is 9.29. The van der Waals surface area contributed by atoms with E-state index in [1.165, 1.54) is 22.6 Å². The monoisotopic (exact) mass is 508 g/mol. The molecule has 0 bridgehead atoms. The number of aromatic nitrogens is 4. The van der Waals surface area contributed by atoms with Crippen molar-refractivity contribution in [1.82, 2.24) is 14.5 Å². The topological polar surface area (TPSA) is 190 Å². The molecule has 2 aromatic heterocycles. The fourth-order valence-corrected chi connectivity index (χ4v) is 5.81. The van der Waals surface area contributed by atoms with E-state index in [4.69, 9.17) is 35.0 Å². The lowest BCUT2D eigenvalue weighted by Gasteiger charge is -2.21. The molecular formula is C16H24N5O10P2+. The van der Waals surface area contributed by atoms with Crippen LogP contribution in [0.3, 0.4) is 0 Å². The summed E-state index contributed by atoms with van der Waals surface area (Å²) in [5, 5.41) is 10.7. The molecule has 1 fully saturated rings. The number of aliphatic hydroxyl groups is 1. The summed E-state index contributed by atoms with van der Waals surface area (Å²) in [5.74, 6) is -0.117. The number of aromatic amines is 1. The van der Waals surface area contributed by atoms with Crippen molar-refractivity contribution in [1.29, 1.82) is 0 Å². The van der Waals surface area contributed by atoms with Crippen LogP contribution in [0.5, 0.6) is 0 Å². The maximum Gasteiger partial charge on any atom is 0.482 e. The van der Waals surface area contributed by atoms with Gasteiger partial charge in [0.15, 0.2) is 6.10 Å². The standard InChI is InChI=1S/C16H23N5O10P2/c1-6-32(24,27-4)31-33(25,28-5)29-7-9-11(22)12(26-3)15(30-9)21-8-20(2)10-13(21)18-16(17)19-14(10)23/h1,8-9,11-12,15,22H,7H2,2-5H3,(H2-,17,18,19,23)/p+1/t9-,11?,12?,15-,32?,33?/m1/s1. The van der Waals surface area contributed by atoms with E-state index in [2.05, 4.69) is 14.5 Å². The number of H-pyrrole nitrogens is 1. The van der Waals surface area contributed by atoms with E-state index in [1.54, 1.807) is 12.7 Å². The van der Waals surface area contributed by atoms with E-state index in [0.717, 1.165) is 14.2 Å². The van der Waals surface area contributed by atoms with Crippen molar-refractivity contribution in [2.24, 2.45) is 7.05 Å². The molecule has 3 heterocycles. The van der Waals surface area contributed by atoms with Gasteiger partial charge in [0, 0.05) is 27.0 Å². The van der Waals surface area contributed by atoms with Gasteiger partial charge in [-0.25, -0.2) is 13.7 Å². The molecule has 1 aliphatic rings. The number of phosphoric acid groups is 1. The zero-order chi connectivity index (χ0) is 24.6. The summed E-state index contributed by atoms with van der Waals surface area (Å²) in [5.41, 5.74) is 7.34. The van der Waals surface area contributed by atoms with E-state index in [9.17, 15) is 19.0 Å². The van der Waals surface area contributed by atoms with Crippen LogP contribution in [0.25, 0.3) is 11.2 Å². The Morgan fingerprint density at radius 1 is 1.39 bits per heavy atom. The first-order chi connectivity index (χ1) is 15.5. The SMILES string of the molecule is C#CP(=O)(OC)OP(=O)(OC)OC[C@H]1O[C@@H](n2c[n+](C)c3c(=O)[nH]c(N)nc32)C(OC)C1O. The predicted molar refractivity (Wildman–Crippen MR) is 112 cm³/mol. The van der Waals surface area contributed by atoms with Gasteiger partial charge in [-0.3, -0.25) is 18.8 Å². The van der Waals surface area contributed by atoms with E-state index in [-0.39, 0.29) is 17.1 Å². The number of nitrogen functional groups attached to an aromatic ring is 1. The Bertz CT molecular complexity index is 1220. The number of fused-ring (bicyclic) bond motifs is 1. The predicted octanol–water partition coefficient (Wildman–Crippen LogP) is -0.377. The second kappa shape index (κ2) is 9.63. The summed E-state index contributed by atoms with van der Waals surface area (Å²) in [7, 11) is -3.67. The molecule has 33 heavy (non-hydrogen) atoms. The summed E-state index contributed by atoms with van der Waals surface area (Å²) >= 11 is 0. The first-order valence-corrected chi connectivity index (χ1v) is 12.3. The van der Waals surface area contributed by atoms with Gasteiger partial charge < -0.3 is 24.8 Å². The van der Waals surface area contributed by atoms with Gasteiger partial charge in [-0.15, -0.1) is 6.42 Å². The van der Waals surface area contributed by atoms with E-state index >= 15 is 0 Å². The van der Waals surface area contributed by atoms with Crippen LogP contribution >= 0.6 is 15.4 Å². The largest absolute Gasteiger partial charge is 0.482 e. The Labute approximate surface area is 187 Å². The van der Waals surface area contributed by atoms with Gasteiger partial charge >= 0.3 is 21.0 Å². The molecule has 0 spiro atoms. The van der Waals surface area contributed by atoms with Crippen LogP contribution in [-0.2, 0) is 43.5 Å². The molecule has 2 aromatic rings. The average Bonchev–Trinajstić information content (AvgIpc) is 3.28. The quantitative estimate of drug-likeness (QED) is 0.226. The minimum Gasteiger partial charge on any atom is -0.387 e. The summed E-state index contributed by atoms with van der Waals surface area (Å²) in [4.78, 5) is 18.8. The Morgan fingerprint density at radius 3 is 2.67 bits per heavy atom. The second-order valence-corrected chi connectivity index (χ2v) is 10.6. The molecule has 0 aliphatic carbocycles. The summed E-state index contributed by atoms with van der Waals surface area (Å²) < 4.78 is 58.3. The molecule has 1 saturated heterocycles. The van der Waals surface area contributed by atoms with Crippen molar-refractivity contribution in [2.75, 3.05) is 33.7 Å². The van der Waals surface area contributed by atoms with Crippen molar-refractivity contribution in [3.8, 4) is 12.1 Å². The highest BCUT2D eigenvalue weighted by molar-refractivity contribution is 7.68. The van der Waals surface area contributed by atoms with Crippen LogP contribution in [0.15, 0.2) is 11.1 Å². The highest BCUT2D eigenvalue weighted by atomic mass is 31.3. The summed E-state index contributed by atoms with van der Waals surface area (Å²) in [6.45, 7) is -0.529. The van der Waals surface area contributed by atoms with Crippen molar-refractivity contribution in [3.05, 3.63) is 16.7 Å². The van der Waals surface area contributed by atoms with Crippen molar-refractivity contribution < 1.29 is 46.2 Å². The Kier molecular flexibility index (Phi) is 7.45. The smallest absolute Gasteiger partial charge is 0.387 e. The molecule has 3 rings (SSSR count). The molecule has 1 aliphatic heterocycles. The number of hydrogen-bond donors (Lipinski definition) is 3. The van der Waals surface area contributed by atoms with Crippen LogP contribution in [0.2, 0.25) is 0 Å². The highest BCUT2D eigenvalue weighted by Crippen LogP contribution is 2.64. The van der Waals surface area contributed by atoms with Crippen molar-refractivity contribution in [2.45, 2.75) is 24.5 Å². The molecule has 0 saturated carbocycles. The molecule has 182 valence electrons. The number of terminal acetylenes is 1. The van der Waals surface area contributed by atoms with Crippen molar-refractivity contribution >= 4 is 32.5 Å². The van der Waals surface area contributed by atoms with Crippen LogP contribution in [0, 0.1) is 12.1 Å². The maximum atomic E-state index is 12.7. The lowest BCUT2D eigenvalue weighted by molar-refractivity contribution is -0.646. The molecule has 15 nitrogen and oxygen atoms in total. The molecule has 6 atom stereocenters. The minimum atomic E-state index is -4.45. The van der Waals surface area contributed by atoms with Gasteiger partial charge in [0.1, 0.15) is 12.2 Å². The van der Waals surface area contributed by atoms with Gasteiger partial charge in [-0.1, -0.05) is 0 Å².